The minimum absolute atomic E-state index is 0.305. The van der Waals surface area contributed by atoms with Crippen LogP contribution in [-0.2, 0) is 11.3 Å². The van der Waals surface area contributed by atoms with E-state index in [0.717, 1.165) is 25.5 Å². The summed E-state index contributed by atoms with van der Waals surface area (Å²) in [6, 6.07) is 32.4. The molecular weight excluding hydrogens is 420 g/mol. The smallest absolute Gasteiger partial charge is 0.123 e. The normalized spacial score (nSPS) is 29.8. The molecule has 1 N–H and O–H groups in total. The predicted molar refractivity (Wildman–Crippen MR) is 135 cm³/mol. The molecule has 0 spiro atoms. The van der Waals surface area contributed by atoms with Crippen LogP contribution in [0.2, 0.25) is 0 Å². The van der Waals surface area contributed by atoms with Gasteiger partial charge in [-0.2, -0.15) is 0 Å². The van der Waals surface area contributed by atoms with Gasteiger partial charge in [0.2, 0.25) is 0 Å². The van der Waals surface area contributed by atoms with E-state index in [1.807, 2.05) is 6.07 Å². The van der Waals surface area contributed by atoms with Gasteiger partial charge < -0.3 is 14.8 Å². The van der Waals surface area contributed by atoms with Crippen LogP contribution in [0.4, 0.5) is 0 Å². The Hall–Kier alpha value is -2.66. The zero-order chi connectivity index (χ0) is 22.9. The van der Waals surface area contributed by atoms with Gasteiger partial charge in [0.05, 0.1) is 20.3 Å². The van der Waals surface area contributed by atoms with Gasteiger partial charge in [-0.25, -0.2) is 0 Å². The first-order chi connectivity index (χ1) is 16.8. The average molecular weight is 455 g/mol. The Kier molecular flexibility index (Phi) is 6.13. The van der Waals surface area contributed by atoms with Crippen molar-refractivity contribution in [2.75, 3.05) is 20.3 Å². The molecule has 0 aliphatic carbocycles. The van der Waals surface area contributed by atoms with E-state index in [-0.39, 0.29) is 0 Å². The standard InChI is InChI=1S/C30H34N2O2/c1-33-28-15-9-8-14-23(28)18-31-26-17-24-16-25-19-34-20-27(24)32(25)30(26)29(21-10-4-2-5-11-21)22-12-6-3-7-13-22/h2-15,24-27,29-31H,16-20H2,1H3/t24-,25+,26?,27-,30?/m1/s1. The van der Waals surface area contributed by atoms with Crippen molar-refractivity contribution in [1.29, 1.82) is 0 Å². The van der Waals surface area contributed by atoms with Crippen LogP contribution in [0.1, 0.15) is 35.4 Å². The third-order valence-corrected chi connectivity index (χ3v) is 8.24. The third kappa shape index (κ3) is 3.94. The molecule has 3 aromatic carbocycles. The van der Waals surface area contributed by atoms with Crippen LogP contribution < -0.4 is 10.1 Å². The maximum Gasteiger partial charge on any atom is 0.123 e. The number of ether oxygens (including phenoxy) is 2. The average Bonchev–Trinajstić information content (AvgIpc) is 3.02. The zero-order valence-electron chi connectivity index (χ0n) is 19.8. The highest BCUT2D eigenvalue weighted by atomic mass is 16.5. The van der Waals surface area contributed by atoms with E-state index in [0.29, 0.717) is 36.0 Å². The first-order valence-corrected chi connectivity index (χ1v) is 12.6. The van der Waals surface area contributed by atoms with E-state index in [2.05, 4.69) is 89.1 Å². The van der Waals surface area contributed by atoms with Crippen LogP contribution in [0.15, 0.2) is 84.9 Å². The van der Waals surface area contributed by atoms with Crippen LogP contribution in [0, 0.1) is 5.92 Å². The Morgan fingerprint density at radius 3 is 2.26 bits per heavy atom. The number of rotatable bonds is 7. The van der Waals surface area contributed by atoms with E-state index in [1.165, 1.54) is 29.5 Å². The van der Waals surface area contributed by atoms with Gasteiger partial charge >= 0.3 is 0 Å². The fourth-order valence-electron chi connectivity index (χ4n) is 6.84. The predicted octanol–water partition coefficient (Wildman–Crippen LogP) is 4.85. The number of para-hydroxylation sites is 1. The second kappa shape index (κ2) is 9.53. The van der Waals surface area contributed by atoms with Crippen molar-refractivity contribution in [2.24, 2.45) is 5.92 Å². The van der Waals surface area contributed by atoms with Gasteiger partial charge in [-0.1, -0.05) is 78.9 Å². The Morgan fingerprint density at radius 1 is 0.882 bits per heavy atom. The molecule has 3 aromatic rings. The summed E-state index contributed by atoms with van der Waals surface area (Å²) in [5, 5.41) is 4.01. The van der Waals surface area contributed by atoms with Crippen molar-refractivity contribution < 1.29 is 9.47 Å². The highest BCUT2D eigenvalue weighted by Gasteiger charge is 2.55. The summed E-state index contributed by atoms with van der Waals surface area (Å²) in [4.78, 5) is 2.85. The van der Waals surface area contributed by atoms with E-state index < -0.39 is 0 Å². The number of hydrogen-bond donors (Lipinski definition) is 1. The SMILES string of the molecule is COc1ccccc1CNC1C[C@H]2C[C@H]3COC[C@H]2N3C1C(c1ccccc1)c1ccccc1. The Morgan fingerprint density at radius 2 is 1.56 bits per heavy atom. The van der Waals surface area contributed by atoms with Crippen LogP contribution in [0.3, 0.4) is 0 Å². The maximum absolute atomic E-state index is 6.05. The summed E-state index contributed by atoms with van der Waals surface area (Å²) in [5.74, 6) is 1.96. The lowest BCUT2D eigenvalue weighted by Crippen LogP contribution is -2.64. The lowest BCUT2D eigenvalue weighted by Gasteiger charge is -2.51. The van der Waals surface area contributed by atoms with Crippen molar-refractivity contribution in [1.82, 2.24) is 10.2 Å². The molecule has 4 heteroatoms. The molecule has 0 amide bonds. The lowest BCUT2D eigenvalue weighted by molar-refractivity contribution is -0.0696. The summed E-state index contributed by atoms with van der Waals surface area (Å²) in [5.41, 5.74) is 4.01. The summed E-state index contributed by atoms with van der Waals surface area (Å²) in [6.07, 6.45) is 2.45. The Labute approximate surface area is 202 Å². The second-order valence-electron chi connectivity index (χ2n) is 10.0. The molecule has 0 saturated carbocycles. The summed E-state index contributed by atoms with van der Waals surface area (Å²) < 4.78 is 11.7. The van der Waals surface area contributed by atoms with Crippen molar-refractivity contribution in [3.63, 3.8) is 0 Å². The van der Waals surface area contributed by atoms with Gasteiger partial charge in [-0.05, 0) is 36.0 Å². The van der Waals surface area contributed by atoms with E-state index in [4.69, 9.17) is 9.47 Å². The van der Waals surface area contributed by atoms with Crippen LogP contribution in [-0.4, -0.2) is 49.4 Å². The number of benzene rings is 3. The molecule has 34 heavy (non-hydrogen) atoms. The van der Waals surface area contributed by atoms with Crippen LogP contribution in [0.5, 0.6) is 5.75 Å². The molecule has 3 fully saturated rings. The highest BCUT2D eigenvalue weighted by molar-refractivity contribution is 5.37. The third-order valence-electron chi connectivity index (χ3n) is 8.24. The summed E-state index contributed by atoms with van der Waals surface area (Å²) in [6.45, 7) is 2.54. The summed E-state index contributed by atoms with van der Waals surface area (Å²) >= 11 is 0. The minimum Gasteiger partial charge on any atom is -0.496 e. The number of nitrogens with one attached hydrogen (secondary N) is 1. The molecule has 3 aliphatic rings. The van der Waals surface area contributed by atoms with E-state index >= 15 is 0 Å². The first kappa shape index (κ1) is 21.8. The Balaban J connectivity index is 1.39. The monoisotopic (exact) mass is 454 g/mol. The molecule has 0 radical (unpaired) electrons. The molecule has 3 saturated heterocycles. The fraction of sp³-hybridized carbons (Fsp3) is 0.400. The van der Waals surface area contributed by atoms with Gasteiger partial charge in [-0.15, -0.1) is 0 Å². The lowest BCUT2D eigenvalue weighted by atomic mass is 9.75. The quantitative estimate of drug-likeness (QED) is 0.554. The Bertz CT molecular complexity index is 1050. The number of methoxy groups -OCH3 is 1. The van der Waals surface area contributed by atoms with E-state index in [9.17, 15) is 0 Å². The van der Waals surface area contributed by atoms with Crippen molar-refractivity contribution in [2.45, 2.75) is 49.5 Å². The molecule has 3 unspecified atom stereocenters. The summed E-state index contributed by atoms with van der Waals surface area (Å²) in [7, 11) is 1.76. The van der Waals surface area contributed by atoms with E-state index in [1.54, 1.807) is 7.11 Å². The van der Waals surface area contributed by atoms with Gasteiger partial charge in [0.25, 0.3) is 0 Å². The van der Waals surface area contributed by atoms with Gasteiger partial charge in [0, 0.05) is 42.2 Å². The second-order valence-corrected chi connectivity index (χ2v) is 10.0. The molecule has 4 bridgehead atoms. The molecule has 6 atom stereocenters. The van der Waals surface area contributed by atoms with Crippen molar-refractivity contribution in [3.8, 4) is 5.75 Å². The number of nitrogens with zero attached hydrogens (tertiary/aromatic N) is 1. The van der Waals surface area contributed by atoms with Gasteiger partial charge in [-0.3, -0.25) is 4.90 Å². The number of morpholine rings is 1. The highest BCUT2D eigenvalue weighted by Crippen LogP contribution is 2.48. The zero-order valence-corrected chi connectivity index (χ0v) is 19.8. The number of piperidine rings is 1. The van der Waals surface area contributed by atoms with Gasteiger partial charge in [0.1, 0.15) is 5.75 Å². The van der Waals surface area contributed by atoms with Crippen molar-refractivity contribution in [3.05, 3.63) is 102 Å². The topological polar surface area (TPSA) is 33.7 Å². The fourth-order valence-corrected chi connectivity index (χ4v) is 6.84. The van der Waals surface area contributed by atoms with Crippen LogP contribution in [0.25, 0.3) is 0 Å². The molecule has 3 heterocycles. The first-order valence-electron chi connectivity index (χ1n) is 12.6. The molecule has 4 nitrogen and oxygen atoms in total. The van der Waals surface area contributed by atoms with Gasteiger partial charge in [0.15, 0.2) is 0 Å². The molecular formula is C30H34N2O2. The largest absolute Gasteiger partial charge is 0.496 e. The minimum atomic E-state index is 0.305. The molecule has 0 aromatic heterocycles. The van der Waals surface area contributed by atoms with Crippen molar-refractivity contribution >= 4 is 0 Å². The van der Waals surface area contributed by atoms with Crippen LogP contribution >= 0.6 is 0 Å². The molecule has 3 aliphatic heterocycles. The molecule has 176 valence electrons. The maximum atomic E-state index is 6.05. The molecule has 6 rings (SSSR count). The number of hydrogen-bond acceptors (Lipinski definition) is 4.